The molecule has 1 aromatic carbocycles. The Balaban J connectivity index is 2.32. The largest absolute Gasteiger partial charge is 0.323 e. The molecule has 0 amide bonds. The van der Waals surface area contributed by atoms with Crippen LogP contribution >= 0.6 is 0 Å². The normalized spacial score (nSPS) is 12.7. The van der Waals surface area contributed by atoms with Crippen molar-refractivity contribution in [1.82, 2.24) is 15.0 Å². The average molecular weight is 252 g/mol. The number of benzene rings is 1. The highest BCUT2D eigenvalue weighted by Crippen LogP contribution is 2.18. The van der Waals surface area contributed by atoms with E-state index >= 15 is 0 Å². The van der Waals surface area contributed by atoms with Crippen LogP contribution < -0.4 is 5.73 Å². The van der Waals surface area contributed by atoms with Gasteiger partial charge in [0.2, 0.25) is 0 Å². The SMILES string of the molecule is CCCC(N)c1cn(-c2cccc(F)c2F)nn1. The Morgan fingerprint density at radius 3 is 2.89 bits per heavy atom. The van der Waals surface area contributed by atoms with E-state index < -0.39 is 11.6 Å². The van der Waals surface area contributed by atoms with Crippen LogP contribution in [-0.4, -0.2) is 15.0 Å². The summed E-state index contributed by atoms with van der Waals surface area (Å²) in [5, 5.41) is 7.65. The zero-order valence-electron chi connectivity index (χ0n) is 9.98. The first-order valence-electron chi connectivity index (χ1n) is 5.75. The molecule has 0 aliphatic rings. The van der Waals surface area contributed by atoms with Gasteiger partial charge >= 0.3 is 0 Å². The van der Waals surface area contributed by atoms with Gasteiger partial charge in [-0.05, 0) is 18.6 Å². The zero-order chi connectivity index (χ0) is 13.1. The van der Waals surface area contributed by atoms with Crippen LogP contribution in [-0.2, 0) is 0 Å². The molecule has 0 saturated heterocycles. The smallest absolute Gasteiger partial charge is 0.184 e. The highest BCUT2D eigenvalue weighted by atomic mass is 19.2. The van der Waals surface area contributed by atoms with Gasteiger partial charge in [-0.15, -0.1) is 5.10 Å². The molecule has 0 saturated carbocycles. The molecule has 2 N–H and O–H groups in total. The Morgan fingerprint density at radius 1 is 1.39 bits per heavy atom. The van der Waals surface area contributed by atoms with Crippen LogP contribution in [0.15, 0.2) is 24.4 Å². The van der Waals surface area contributed by atoms with Crippen molar-refractivity contribution >= 4 is 0 Å². The van der Waals surface area contributed by atoms with Crippen LogP contribution in [0.1, 0.15) is 31.5 Å². The molecule has 18 heavy (non-hydrogen) atoms. The minimum atomic E-state index is -0.946. The summed E-state index contributed by atoms with van der Waals surface area (Å²) >= 11 is 0. The summed E-state index contributed by atoms with van der Waals surface area (Å²) in [6, 6.07) is 3.67. The Morgan fingerprint density at radius 2 is 2.17 bits per heavy atom. The van der Waals surface area contributed by atoms with Crippen molar-refractivity contribution < 1.29 is 8.78 Å². The molecule has 1 heterocycles. The van der Waals surface area contributed by atoms with Crippen molar-refractivity contribution in [3.63, 3.8) is 0 Å². The number of nitrogens with two attached hydrogens (primary N) is 1. The van der Waals surface area contributed by atoms with Gasteiger partial charge in [0.25, 0.3) is 0 Å². The van der Waals surface area contributed by atoms with Crippen molar-refractivity contribution in [3.05, 3.63) is 41.7 Å². The van der Waals surface area contributed by atoms with E-state index in [1.54, 1.807) is 0 Å². The van der Waals surface area contributed by atoms with E-state index in [0.29, 0.717) is 5.69 Å². The van der Waals surface area contributed by atoms with Crippen LogP contribution in [0.25, 0.3) is 5.69 Å². The summed E-state index contributed by atoms with van der Waals surface area (Å²) in [5.74, 6) is -1.86. The molecule has 0 aliphatic carbocycles. The average Bonchev–Trinajstić information content (AvgIpc) is 2.82. The quantitative estimate of drug-likeness (QED) is 0.908. The molecular formula is C12H14F2N4. The lowest BCUT2D eigenvalue weighted by Gasteiger charge is -2.05. The first kappa shape index (κ1) is 12.6. The summed E-state index contributed by atoms with van der Waals surface area (Å²) in [6.07, 6.45) is 3.21. The maximum Gasteiger partial charge on any atom is 0.184 e. The lowest BCUT2D eigenvalue weighted by Crippen LogP contribution is -2.10. The lowest BCUT2D eigenvalue weighted by molar-refractivity contribution is 0.500. The number of aromatic nitrogens is 3. The first-order valence-corrected chi connectivity index (χ1v) is 5.75. The molecule has 1 unspecified atom stereocenters. The molecule has 6 heteroatoms. The van der Waals surface area contributed by atoms with E-state index in [-0.39, 0.29) is 11.7 Å². The minimum Gasteiger partial charge on any atom is -0.323 e. The Kier molecular flexibility index (Phi) is 3.66. The predicted octanol–water partition coefficient (Wildman–Crippen LogP) is 2.35. The second-order valence-electron chi connectivity index (χ2n) is 4.06. The highest BCUT2D eigenvalue weighted by Gasteiger charge is 2.14. The van der Waals surface area contributed by atoms with Gasteiger partial charge in [-0.25, -0.2) is 13.5 Å². The number of hydrogen-bond acceptors (Lipinski definition) is 3. The topological polar surface area (TPSA) is 56.7 Å². The summed E-state index contributed by atoms with van der Waals surface area (Å²) in [6.45, 7) is 2.01. The Bertz CT molecular complexity index is 539. The molecule has 96 valence electrons. The van der Waals surface area contributed by atoms with E-state index in [9.17, 15) is 8.78 Å². The second kappa shape index (κ2) is 5.22. The van der Waals surface area contributed by atoms with Crippen LogP contribution in [0.3, 0.4) is 0 Å². The lowest BCUT2D eigenvalue weighted by atomic mass is 10.1. The number of hydrogen-bond donors (Lipinski definition) is 1. The van der Waals surface area contributed by atoms with Crippen LogP contribution in [0.2, 0.25) is 0 Å². The van der Waals surface area contributed by atoms with Crippen LogP contribution in [0.4, 0.5) is 8.78 Å². The number of halogens is 2. The maximum atomic E-state index is 13.6. The van der Waals surface area contributed by atoms with Gasteiger partial charge in [-0.3, -0.25) is 0 Å². The molecule has 2 aromatic rings. The van der Waals surface area contributed by atoms with Gasteiger partial charge in [-0.1, -0.05) is 24.6 Å². The van der Waals surface area contributed by atoms with E-state index in [1.807, 2.05) is 6.92 Å². The van der Waals surface area contributed by atoms with Crippen LogP contribution in [0, 0.1) is 11.6 Å². The molecule has 0 spiro atoms. The fourth-order valence-corrected chi connectivity index (χ4v) is 1.69. The Hall–Kier alpha value is -1.82. The van der Waals surface area contributed by atoms with E-state index in [4.69, 9.17) is 5.73 Å². The first-order chi connectivity index (χ1) is 8.63. The van der Waals surface area contributed by atoms with Gasteiger partial charge in [-0.2, -0.15) is 0 Å². The number of rotatable bonds is 4. The van der Waals surface area contributed by atoms with Crippen molar-refractivity contribution in [2.75, 3.05) is 0 Å². The van der Waals surface area contributed by atoms with Crippen LogP contribution in [0.5, 0.6) is 0 Å². The highest BCUT2D eigenvalue weighted by molar-refractivity contribution is 5.33. The molecule has 0 radical (unpaired) electrons. The van der Waals surface area contributed by atoms with Crippen molar-refractivity contribution in [1.29, 1.82) is 0 Å². The molecule has 0 aliphatic heterocycles. The predicted molar refractivity (Wildman–Crippen MR) is 63.1 cm³/mol. The zero-order valence-corrected chi connectivity index (χ0v) is 9.98. The van der Waals surface area contributed by atoms with Crippen molar-refractivity contribution in [2.45, 2.75) is 25.8 Å². The summed E-state index contributed by atoms with van der Waals surface area (Å²) < 4.78 is 27.8. The van der Waals surface area contributed by atoms with Gasteiger partial charge in [0.15, 0.2) is 11.6 Å². The standard InChI is InChI=1S/C12H14F2N4/c1-2-4-9(15)10-7-18(17-16-10)11-6-3-5-8(13)12(11)14/h3,5-7,9H,2,4,15H2,1H3. The molecule has 0 bridgehead atoms. The van der Waals surface area contributed by atoms with E-state index in [0.717, 1.165) is 18.9 Å². The molecule has 1 aromatic heterocycles. The molecular weight excluding hydrogens is 238 g/mol. The molecule has 4 nitrogen and oxygen atoms in total. The maximum absolute atomic E-state index is 13.6. The third-order valence-electron chi connectivity index (χ3n) is 2.67. The minimum absolute atomic E-state index is 0.0254. The molecule has 2 rings (SSSR count). The van der Waals surface area contributed by atoms with Gasteiger partial charge in [0.05, 0.1) is 17.9 Å². The van der Waals surface area contributed by atoms with E-state index in [1.165, 1.54) is 23.0 Å². The summed E-state index contributed by atoms with van der Waals surface area (Å²) in [4.78, 5) is 0. The third-order valence-corrected chi connectivity index (χ3v) is 2.67. The number of nitrogens with zero attached hydrogens (tertiary/aromatic N) is 3. The van der Waals surface area contributed by atoms with Gasteiger partial charge < -0.3 is 5.73 Å². The van der Waals surface area contributed by atoms with Crippen molar-refractivity contribution in [3.8, 4) is 5.69 Å². The summed E-state index contributed by atoms with van der Waals surface area (Å²) in [5.41, 5.74) is 6.48. The fourth-order valence-electron chi connectivity index (χ4n) is 1.69. The van der Waals surface area contributed by atoms with Crippen molar-refractivity contribution in [2.24, 2.45) is 5.73 Å². The van der Waals surface area contributed by atoms with Gasteiger partial charge in [0, 0.05) is 0 Å². The monoisotopic (exact) mass is 252 g/mol. The molecule has 1 atom stereocenters. The van der Waals surface area contributed by atoms with Gasteiger partial charge in [0.1, 0.15) is 5.69 Å². The fraction of sp³-hybridized carbons (Fsp3) is 0.333. The second-order valence-corrected chi connectivity index (χ2v) is 4.06. The van der Waals surface area contributed by atoms with E-state index in [2.05, 4.69) is 10.3 Å². The molecule has 0 fully saturated rings. The Labute approximate surface area is 103 Å². The third kappa shape index (κ3) is 2.38. The summed E-state index contributed by atoms with van der Waals surface area (Å²) in [7, 11) is 0.